The fraction of sp³-hybridized carbons (Fsp3) is 0.333. The Morgan fingerprint density at radius 2 is 2.42 bits per heavy atom. The van der Waals surface area contributed by atoms with Crippen LogP contribution < -0.4 is 5.32 Å². The van der Waals surface area contributed by atoms with E-state index in [1.807, 2.05) is 12.1 Å². The Bertz CT molecular complexity index is 563. The van der Waals surface area contributed by atoms with Crippen LogP contribution in [0.2, 0.25) is 0 Å². The summed E-state index contributed by atoms with van der Waals surface area (Å²) in [5.74, 6) is 2.21. The Hall–Kier alpha value is -2.28. The fourth-order valence-electron chi connectivity index (χ4n) is 1.91. The number of rotatable bonds is 5. The maximum Gasteiger partial charge on any atom is 0.262 e. The molecule has 19 heavy (non-hydrogen) atoms. The van der Waals surface area contributed by atoms with Crippen LogP contribution in [0.1, 0.15) is 30.8 Å². The molecule has 0 bridgehead atoms. The Kier molecular flexibility index (Phi) is 3.86. The molecular formula is C15H16N2O2. The van der Waals surface area contributed by atoms with Gasteiger partial charge in [-0.25, -0.2) is 0 Å². The summed E-state index contributed by atoms with van der Waals surface area (Å²) in [6.45, 7) is 6.01. The summed E-state index contributed by atoms with van der Waals surface area (Å²) < 4.78 is 5.64. The summed E-state index contributed by atoms with van der Waals surface area (Å²) in [6, 6.07) is 5.58. The van der Waals surface area contributed by atoms with Crippen molar-refractivity contribution in [3.8, 4) is 6.07 Å². The first-order valence-electron chi connectivity index (χ1n) is 6.26. The predicted molar refractivity (Wildman–Crippen MR) is 72.0 cm³/mol. The van der Waals surface area contributed by atoms with Crippen molar-refractivity contribution in [3.05, 3.63) is 41.9 Å². The van der Waals surface area contributed by atoms with Gasteiger partial charge in [0, 0.05) is 18.5 Å². The average molecular weight is 256 g/mol. The third kappa shape index (κ3) is 3.14. The number of nitrogens with zero attached hydrogens (tertiary/aromatic N) is 1. The molecule has 1 amide bonds. The Balaban J connectivity index is 2.09. The summed E-state index contributed by atoms with van der Waals surface area (Å²) in [6.07, 6.45) is 4.17. The quantitative estimate of drug-likeness (QED) is 0.500. The number of nitriles is 1. The van der Waals surface area contributed by atoms with Gasteiger partial charge < -0.3 is 9.73 Å². The number of nitrogens with one attached hydrogen (secondary N) is 1. The molecule has 1 aliphatic carbocycles. The van der Waals surface area contributed by atoms with Crippen molar-refractivity contribution < 1.29 is 9.21 Å². The van der Waals surface area contributed by atoms with Gasteiger partial charge in [0.1, 0.15) is 23.2 Å². The van der Waals surface area contributed by atoms with Crippen LogP contribution in [0.5, 0.6) is 0 Å². The Labute approximate surface area is 112 Å². The lowest BCUT2D eigenvalue weighted by atomic mass is 10.2. The lowest BCUT2D eigenvalue weighted by Gasteiger charge is -1.99. The van der Waals surface area contributed by atoms with Crippen LogP contribution in [0.25, 0.3) is 6.08 Å². The average Bonchev–Trinajstić information content (AvgIpc) is 2.96. The summed E-state index contributed by atoms with van der Waals surface area (Å²) in [5.41, 5.74) is 0.0339. The molecule has 1 aromatic rings. The van der Waals surface area contributed by atoms with Crippen LogP contribution in [-0.4, -0.2) is 12.5 Å². The third-order valence-corrected chi connectivity index (χ3v) is 3.18. The molecule has 0 radical (unpaired) electrons. The maximum absolute atomic E-state index is 11.7. The first-order valence-corrected chi connectivity index (χ1v) is 6.26. The van der Waals surface area contributed by atoms with Gasteiger partial charge in [-0.05, 0) is 24.5 Å². The highest BCUT2D eigenvalue weighted by Gasteiger charge is 2.36. The lowest BCUT2D eigenvalue weighted by molar-refractivity contribution is -0.116. The molecule has 2 atom stereocenters. The van der Waals surface area contributed by atoms with Crippen molar-refractivity contribution in [3.63, 3.8) is 0 Å². The zero-order valence-electron chi connectivity index (χ0n) is 10.8. The number of amides is 1. The van der Waals surface area contributed by atoms with E-state index in [2.05, 4.69) is 18.8 Å². The molecule has 0 unspecified atom stereocenters. The van der Waals surface area contributed by atoms with Crippen LogP contribution in [0, 0.1) is 17.2 Å². The number of carbonyl (C=O) groups is 1. The number of hydrogen-bond acceptors (Lipinski definition) is 3. The van der Waals surface area contributed by atoms with Gasteiger partial charge in [0.25, 0.3) is 5.91 Å². The van der Waals surface area contributed by atoms with E-state index in [-0.39, 0.29) is 5.57 Å². The summed E-state index contributed by atoms with van der Waals surface area (Å²) in [5, 5.41) is 11.5. The first kappa shape index (κ1) is 13.2. The van der Waals surface area contributed by atoms with Crippen molar-refractivity contribution in [2.45, 2.75) is 19.3 Å². The lowest BCUT2D eigenvalue weighted by Crippen LogP contribution is -2.24. The molecule has 1 aliphatic rings. The van der Waals surface area contributed by atoms with Gasteiger partial charge in [0.15, 0.2) is 0 Å². The van der Waals surface area contributed by atoms with Crippen LogP contribution in [0.15, 0.2) is 34.8 Å². The molecule has 98 valence electrons. The molecule has 1 N–H and O–H groups in total. The second kappa shape index (κ2) is 5.57. The molecule has 0 spiro atoms. The smallest absolute Gasteiger partial charge is 0.262 e. The SMILES string of the molecule is C=CCNC(=O)/C(C#N)=C/c1ccc([C@@H]2C[C@H]2C)o1. The minimum Gasteiger partial charge on any atom is -0.461 e. The van der Waals surface area contributed by atoms with Gasteiger partial charge in [0.2, 0.25) is 0 Å². The molecule has 1 saturated carbocycles. The molecule has 4 heteroatoms. The molecule has 0 aromatic carbocycles. The highest BCUT2D eigenvalue weighted by molar-refractivity contribution is 6.01. The van der Waals surface area contributed by atoms with Gasteiger partial charge in [-0.1, -0.05) is 13.0 Å². The largest absolute Gasteiger partial charge is 0.461 e. The van der Waals surface area contributed by atoms with Crippen LogP contribution in [-0.2, 0) is 4.79 Å². The molecule has 0 aliphatic heterocycles. The first-order chi connectivity index (χ1) is 9.15. The van der Waals surface area contributed by atoms with Gasteiger partial charge >= 0.3 is 0 Å². The van der Waals surface area contributed by atoms with E-state index < -0.39 is 5.91 Å². The van der Waals surface area contributed by atoms with Crippen LogP contribution in [0.3, 0.4) is 0 Å². The molecule has 1 aromatic heterocycles. The van der Waals surface area contributed by atoms with E-state index in [1.165, 1.54) is 6.08 Å². The summed E-state index contributed by atoms with van der Waals surface area (Å²) in [7, 11) is 0. The standard InChI is InChI=1S/C15H16N2O2/c1-3-6-17-15(18)11(9-16)8-12-4-5-14(19-12)13-7-10(13)2/h3-5,8,10,13H,1,6-7H2,2H3,(H,17,18)/b11-8+/t10-,13-/m1/s1. The van der Waals surface area contributed by atoms with Crippen molar-refractivity contribution in [2.75, 3.05) is 6.54 Å². The van der Waals surface area contributed by atoms with Crippen LogP contribution >= 0.6 is 0 Å². The second-order valence-corrected chi connectivity index (χ2v) is 4.73. The minimum absolute atomic E-state index is 0.0339. The van der Waals surface area contributed by atoms with Gasteiger partial charge in [-0.3, -0.25) is 4.79 Å². The van der Waals surface area contributed by atoms with E-state index in [4.69, 9.17) is 9.68 Å². The van der Waals surface area contributed by atoms with E-state index >= 15 is 0 Å². The predicted octanol–water partition coefficient (Wildman–Crippen LogP) is 2.61. The van der Waals surface area contributed by atoms with Crippen molar-refractivity contribution in [2.24, 2.45) is 5.92 Å². The van der Waals surface area contributed by atoms with Crippen molar-refractivity contribution >= 4 is 12.0 Å². The Morgan fingerprint density at radius 1 is 1.68 bits per heavy atom. The minimum atomic E-state index is -0.417. The zero-order chi connectivity index (χ0) is 13.8. The number of furan rings is 1. The molecule has 1 fully saturated rings. The second-order valence-electron chi connectivity index (χ2n) is 4.73. The third-order valence-electron chi connectivity index (χ3n) is 3.18. The number of hydrogen-bond donors (Lipinski definition) is 1. The Morgan fingerprint density at radius 3 is 3.00 bits per heavy atom. The van der Waals surface area contributed by atoms with Gasteiger partial charge in [-0.2, -0.15) is 5.26 Å². The fourth-order valence-corrected chi connectivity index (χ4v) is 1.91. The normalized spacial score (nSPS) is 21.6. The van der Waals surface area contributed by atoms with Crippen molar-refractivity contribution in [1.82, 2.24) is 5.32 Å². The van der Waals surface area contributed by atoms with E-state index in [1.54, 1.807) is 12.1 Å². The van der Waals surface area contributed by atoms with E-state index in [9.17, 15) is 4.79 Å². The molecule has 2 rings (SSSR count). The summed E-state index contributed by atoms with van der Waals surface area (Å²) >= 11 is 0. The van der Waals surface area contributed by atoms with Crippen LogP contribution in [0.4, 0.5) is 0 Å². The van der Waals surface area contributed by atoms with Gasteiger partial charge in [0.05, 0.1) is 0 Å². The molecular weight excluding hydrogens is 240 g/mol. The van der Waals surface area contributed by atoms with Gasteiger partial charge in [-0.15, -0.1) is 6.58 Å². The topological polar surface area (TPSA) is 66.0 Å². The van der Waals surface area contributed by atoms with E-state index in [0.29, 0.717) is 24.1 Å². The summed E-state index contributed by atoms with van der Waals surface area (Å²) in [4.78, 5) is 11.7. The molecule has 1 heterocycles. The maximum atomic E-state index is 11.7. The highest BCUT2D eigenvalue weighted by atomic mass is 16.3. The molecule has 4 nitrogen and oxygen atoms in total. The molecule has 0 saturated heterocycles. The number of carbonyl (C=O) groups excluding carboxylic acids is 1. The monoisotopic (exact) mass is 256 g/mol. The van der Waals surface area contributed by atoms with Crippen molar-refractivity contribution in [1.29, 1.82) is 5.26 Å². The highest BCUT2D eigenvalue weighted by Crippen LogP contribution is 2.47. The zero-order valence-corrected chi connectivity index (χ0v) is 10.8. The van der Waals surface area contributed by atoms with E-state index in [0.717, 1.165) is 12.2 Å².